The number of amides is 1. The van der Waals surface area contributed by atoms with Crippen molar-refractivity contribution < 1.29 is 17.9 Å². The minimum atomic E-state index is -3.78. The molecule has 1 amide bonds. The Morgan fingerprint density at radius 2 is 1.54 bits per heavy atom. The quantitative estimate of drug-likeness (QED) is 0.371. The molecule has 0 bridgehead atoms. The van der Waals surface area contributed by atoms with Crippen LogP contribution in [-0.2, 0) is 16.6 Å². The van der Waals surface area contributed by atoms with Gasteiger partial charge in [0.15, 0.2) is 0 Å². The highest BCUT2D eigenvalue weighted by Gasteiger charge is 2.15. The van der Waals surface area contributed by atoms with E-state index in [2.05, 4.69) is 15.1 Å². The van der Waals surface area contributed by atoms with Crippen molar-refractivity contribution in [3.8, 4) is 5.75 Å². The Kier molecular flexibility index (Phi) is 7.22. The van der Waals surface area contributed by atoms with Crippen molar-refractivity contribution in [3.63, 3.8) is 0 Å². The number of hydrogen-bond donors (Lipinski definition) is 2. The standard InChI is InChI=1S/C25H22N4O5S/c30-24-15-14-23(27-29(24)16-17-34-21-10-3-1-4-11-21)25(31)26-19-8-7-9-20(18-19)28-35(32,33)22-12-5-2-6-13-22/h1-15,18,28H,16-17H2,(H,26,31). The van der Waals surface area contributed by atoms with Gasteiger partial charge in [-0.15, -0.1) is 0 Å². The predicted molar refractivity (Wildman–Crippen MR) is 132 cm³/mol. The molecule has 35 heavy (non-hydrogen) atoms. The molecule has 0 saturated carbocycles. The number of anilines is 2. The van der Waals surface area contributed by atoms with Crippen LogP contribution >= 0.6 is 0 Å². The zero-order valence-corrected chi connectivity index (χ0v) is 19.3. The van der Waals surface area contributed by atoms with Gasteiger partial charge in [0.25, 0.3) is 21.5 Å². The van der Waals surface area contributed by atoms with Crippen LogP contribution < -0.4 is 20.3 Å². The molecule has 0 spiro atoms. The first-order valence-electron chi connectivity index (χ1n) is 10.7. The fraction of sp³-hybridized carbons (Fsp3) is 0.0800. The van der Waals surface area contributed by atoms with Gasteiger partial charge in [0.05, 0.1) is 17.1 Å². The molecule has 2 N–H and O–H groups in total. The van der Waals surface area contributed by atoms with Gasteiger partial charge in [-0.1, -0.05) is 42.5 Å². The number of nitrogens with zero attached hydrogens (tertiary/aromatic N) is 2. The van der Waals surface area contributed by atoms with Crippen LogP contribution in [0.15, 0.2) is 107 Å². The van der Waals surface area contributed by atoms with Crippen molar-refractivity contribution in [2.75, 3.05) is 16.6 Å². The number of hydrogen-bond acceptors (Lipinski definition) is 6. The van der Waals surface area contributed by atoms with Gasteiger partial charge in [0, 0.05) is 11.8 Å². The van der Waals surface area contributed by atoms with E-state index in [9.17, 15) is 18.0 Å². The average molecular weight is 491 g/mol. The Labute approximate surface area is 202 Å². The van der Waals surface area contributed by atoms with Crippen molar-refractivity contribution in [2.24, 2.45) is 0 Å². The van der Waals surface area contributed by atoms with E-state index < -0.39 is 15.9 Å². The summed E-state index contributed by atoms with van der Waals surface area (Å²) in [6, 6.07) is 26.0. The Bertz CT molecular complexity index is 1470. The van der Waals surface area contributed by atoms with Gasteiger partial charge in [-0.2, -0.15) is 5.10 Å². The van der Waals surface area contributed by atoms with E-state index in [1.807, 2.05) is 18.2 Å². The Hall–Kier alpha value is -4.44. The van der Waals surface area contributed by atoms with Crippen molar-refractivity contribution in [2.45, 2.75) is 11.4 Å². The van der Waals surface area contributed by atoms with Gasteiger partial charge < -0.3 is 10.1 Å². The van der Waals surface area contributed by atoms with Crippen LogP contribution in [-0.4, -0.2) is 30.7 Å². The predicted octanol–water partition coefficient (Wildman–Crippen LogP) is 3.38. The number of aromatic nitrogens is 2. The maximum absolute atomic E-state index is 12.7. The fourth-order valence-corrected chi connectivity index (χ4v) is 4.24. The van der Waals surface area contributed by atoms with Crippen LogP contribution in [0.1, 0.15) is 10.5 Å². The molecule has 1 aromatic heterocycles. The molecule has 10 heteroatoms. The van der Waals surface area contributed by atoms with E-state index in [1.54, 1.807) is 48.5 Å². The fourth-order valence-electron chi connectivity index (χ4n) is 3.17. The third-order valence-corrected chi connectivity index (χ3v) is 6.24. The van der Waals surface area contributed by atoms with Crippen LogP contribution in [0.4, 0.5) is 11.4 Å². The van der Waals surface area contributed by atoms with Crippen LogP contribution in [0.3, 0.4) is 0 Å². The van der Waals surface area contributed by atoms with Gasteiger partial charge in [-0.25, -0.2) is 13.1 Å². The van der Waals surface area contributed by atoms with Gasteiger partial charge in [-0.05, 0) is 48.5 Å². The lowest BCUT2D eigenvalue weighted by Gasteiger charge is -2.11. The molecule has 0 fully saturated rings. The monoisotopic (exact) mass is 490 g/mol. The molecule has 178 valence electrons. The molecular weight excluding hydrogens is 468 g/mol. The molecule has 0 saturated heterocycles. The van der Waals surface area contributed by atoms with Crippen LogP contribution in [0.5, 0.6) is 5.75 Å². The summed E-state index contributed by atoms with van der Waals surface area (Å²) < 4.78 is 34.3. The van der Waals surface area contributed by atoms with Crippen molar-refractivity contribution in [3.05, 3.63) is 113 Å². The molecule has 0 atom stereocenters. The number of para-hydroxylation sites is 1. The molecule has 0 aliphatic carbocycles. The first-order chi connectivity index (χ1) is 16.9. The summed E-state index contributed by atoms with van der Waals surface area (Å²) in [5.41, 5.74) is 0.299. The minimum Gasteiger partial charge on any atom is -0.492 e. The molecule has 1 heterocycles. The lowest BCUT2D eigenvalue weighted by Crippen LogP contribution is -2.28. The van der Waals surface area contributed by atoms with Gasteiger partial charge in [0.2, 0.25) is 0 Å². The average Bonchev–Trinajstić information content (AvgIpc) is 2.86. The Balaban J connectivity index is 1.42. The van der Waals surface area contributed by atoms with E-state index in [0.717, 1.165) is 4.68 Å². The molecule has 0 aliphatic heterocycles. The van der Waals surface area contributed by atoms with E-state index in [1.165, 1.54) is 30.3 Å². The number of carbonyl (C=O) groups excluding carboxylic acids is 1. The Morgan fingerprint density at radius 3 is 2.29 bits per heavy atom. The summed E-state index contributed by atoms with van der Waals surface area (Å²) in [5.74, 6) is 0.114. The highest BCUT2D eigenvalue weighted by Crippen LogP contribution is 2.20. The molecular formula is C25H22N4O5S. The minimum absolute atomic E-state index is 0.0274. The highest BCUT2D eigenvalue weighted by atomic mass is 32.2. The number of ether oxygens (including phenoxy) is 1. The highest BCUT2D eigenvalue weighted by molar-refractivity contribution is 7.92. The second kappa shape index (κ2) is 10.7. The normalized spacial score (nSPS) is 11.0. The topological polar surface area (TPSA) is 119 Å². The maximum atomic E-state index is 12.7. The summed E-state index contributed by atoms with van der Waals surface area (Å²) in [5, 5.41) is 6.79. The van der Waals surface area contributed by atoms with Crippen LogP contribution in [0.25, 0.3) is 0 Å². The summed E-state index contributed by atoms with van der Waals surface area (Å²) in [6.07, 6.45) is 0. The molecule has 3 aromatic carbocycles. The summed E-state index contributed by atoms with van der Waals surface area (Å²) >= 11 is 0. The maximum Gasteiger partial charge on any atom is 0.276 e. The Morgan fingerprint density at radius 1 is 0.857 bits per heavy atom. The SMILES string of the molecule is O=C(Nc1cccc(NS(=O)(=O)c2ccccc2)c1)c1ccc(=O)n(CCOc2ccccc2)n1. The zero-order chi connectivity index (χ0) is 24.7. The van der Waals surface area contributed by atoms with Gasteiger partial charge in [-0.3, -0.25) is 14.3 Å². The molecule has 0 radical (unpaired) electrons. The third-order valence-electron chi connectivity index (χ3n) is 4.84. The van der Waals surface area contributed by atoms with Crippen LogP contribution in [0.2, 0.25) is 0 Å². The summed E-state index contributed by atoms with van der Waals surface area (Å²) in [7, 11) is -3.78. The summed E-state index contributed by atoms with van der Waals surface area (Å²) in [4.78, 5) is 25.0. The van der Waals surface area contributed by atoms with E-state index in [4.69, 9.17) is 4.74 Å². The smallest absolute Gasteiger partial charge is 0.276 e. The molecule has 4 aromatic rings. The van der Waals surface area contributed by atoms with Crippen molar-refractivity contribution in [1.82, 2.24) is 9.78 Å². The first-order valence-corrected chi connectivity index (χ1v) is 12.1. The lowest BCUT2D eigenvalue weighted by molar-refractivity contribution is 0.101. The van der Waals surface area contributed by atoms with Gasteiger partial charge >= 0.3 is 0 Å². The molecule has 0 aliphatic rings. The first kappa shape index (κ1) is 23.7. The third kappa shape index (κ3) is 6.33. The van der Waals surface area contributed by atoms with Crippen LogP contribution in [0, 0.1) is 0 Å². The number of rotatable bonds is 9. The number of benzene rings is 3. The second-order valence-electron chi connectivity index (χ2n) is 7.39. The van der Waals surface area contributed by atoms with E-state index in [0.29, 0.717) is 11.4 Å². The van der Waals surface area contributed by atoms with Crippen molar-refractivity contribution in [1.29, 1.82) is 0 Å². The summed E-state index contributed by atoms with van der Waals surface area (Å²) in [6.45, 7) is 0.358. The van der Waals surface area contributed by atoms with E-state index in [-0.39, 0.29) is 35.0 Å². The lowest BCUT2D eigenvalue weighted by atomic mass is 10.2. The largest absolute Gasteiger partial charge is 0.492 e. The number of carbonyl (C=O) groups is 1. The van der Waals surface area contributed by atoms with Gasteiger partial charge in [0.1, 0.15) is 18.1 Å². The van der Waals surface area contributed by atoms with E-state index >= 15 is 0 Å². The molecule has 9 nitrogen and oxygen atoms in total. The van der Waals surface area contributed by atoms with Crippen molar-refractivity contribution >= 4 is 27.3 Å². The zero-order valence-electron chi connectivity index (χ0n) is 18.5. The second-order valence-corrected chi connectivity index (χ2v) is 9.08. The number of sulfonamides is 1. The molecule has 4 rings (SSSR count). The number of nitrogens with one attached hydrogen (secondary N) is 2. The molecule has 0 unspecified atom stereocenters.